The number of hydrogen-bond donors (Lipinski definition) is 1. The Morgan fingerprint density at radius 2 is 2.14 bits per heavy atom. The molecule has 6 heteroatoms. The fourth-order valence-corrected chi connectivity index (χ4v) is 2.24. The Morgan fingerprint density at radius 3 is 3.00 bits per heavy atom. The van der Waals surface area contributed by atoms with Gasteiger partial charge in [-0.2, -0.15) is 5.10 Å². The van der Waals surface area contributed by atoms with Crippen LogP contribution in [-0.2, 0) is 6.54 Å². The van der Waals surface area contributed by atoms with Gasteiger partial charge in [0.2, 0.25) is 0 Å². The predicted molar refractivity (Wildman–Crippen MR) is 81.6 cm³/mol. The minimum Gasteiger partial charge on any atom is -0.370 e. The molecule has 3 aromatic rings. The summed E-state index contributed by atoms with van der Waals surface area (Å²) in [6.07, 6.45) is 7.94. The van der Waals surface area contributed by atoms with E-state index in [1.807, 2.05) is 12.1 Å². The van der Waals surface area contributed by atoms with Crippen LogP contribution in [0.1, 0.15) is 18.9 Å². The second-order valence-corrected chi connectivity index (χ2v) is 4.83. The molecule has 0 unspecified atom stereocenters. The monoisotopic (exact) mass is 283 g/mol. The molecular weight excluding hydrogens is 266 g/mol. The first kappa shape index (κ1) is 13.4. The molecule has 0 spiro atoms. The Labute approximate surface area is 122 Å². The van der Waals surface area contributed by atoms with E-state index in [4.69, 9.17) is 0 Å². The Balaban J connectivity index is 1.95. The van der Waals surface area contributed by atoms with Crippen molar-refractivity contribution in [3.05, 3.63) is 58.9 Å². The van der Waals surface area contributed by atoms with Crippen molar-refractivity contribution in [3.63, 3.8) is 0 Å². The Morgan fingerprint density at radius 1 is 1.24 bits per heavy atom. The van der Waals surface area contributed by atoms with Gasteiger partial charge >= 0.3 is 0 Å². The number of fused-ring (bicyclic) bond motifs is 1. The van der Waals surface area contributed by atoms with Crippen LogP contribution in [0.5, 0.6) is 0 Å². The van der Waals surface area contributed by atoms with Gasteiger partial charge in [-0.3, -0.25) is 4.79 Å². The van der Waals surface area contributed by atoms with Crippen molar-refractivity contribution in [1.29, 1.82) is 0 Å². The summed E-state index contributed by atoms with van der Waals surface area (Å²) in [5.74, 6) is 0.833. The van der Waals surface area contributed by atoms with Gasteiger partial charge in [0.1, 0.15) is 11.3 Å². The average Bonchev–Trinajstić information content (AvgIpc) is 2.98. The maximum atomic E-state index is 12.4. The quantitative estimate of drug-likeness (QED) is 0.775. The highest BCUT2D eigenvalue weighted by Gasteiger charge is 2.07. The van der Waals surface area contributed by atoms with Crippen molar-refractivity contribution < 1.29 is 0 Å². The summed E-state index contributed by atoms with van der Waals surface area (Å²) >= 11 is 0. The highest BCUT2D eigenvalue weighted by atomic mass is 16.1. The summed E-state index contributed by atoms with van der Waals surface area (Å²) < 4.78 is 3.25. The fourth-order valence-electron chi connectivity index (χ4n) is 2.24. The molecule has 0 fully saturated rings. The van der Waals surface area contributed by atoms with Crippen LogP contribution in [0, 0.1) is 0 Å². The highest BCUT2D eigenvalue weighted by molar-refractivity contribution is 5.45. The van der Waals surface area contributed by atoms with Crippen molar-refractivity contribution in [3.8, 4) is 0 Å². The molecule has 6 nitrogen and oxygen atoms in total. The molecule has 0 aliphatic rings. The fraction of sp³-hybridized carbons (Fsp3) is 0.267. The van der Waals surface area contributed by atoms with Crippen LogP contribution in [0.2, 0.25) is 0 Å². The molecule has 108 valence electrons. The molecule has 0 aliphatic carbocycles. The second kappa shape index (κ2) is 5.78. The van der Waals surface area contributed by atoms with E-state index in [1.165, 1.54) is 0 Å². The van der Waals surface area contributed by atoms with Gasteiger partial charge in [0.15, 0.2) is 0 Å². The van der Waals surface area contributed by atoms with E-state index in [2.05, 4.69) is 22.3 Å². The van der Waals surface area contributed by atoms with Gasteiger partial charge < -0.3 is 9.88 Å². The first-order chi connectivity index (χ1) is 10.3. The van der Waals surface area contributed by atoms with E-state index in [0.717, 1.165) is 24.3 Å². The summed E-state index contributed by atoms with van der Waals surface area (Å²) in [6, 6.07) is 5.59. The van der Waals surface area contributed by atoms with Crippen LogP contribution in [0.3, 0.4) is 0 Å². The molecule has 0 aliphatic heterocycles. The molecule has 0 amide bonds. The number of aromatic nitrogens is 4. The van der Waals surface area contributed by atoms with E-state index in [1.54, 1.807) is 39.9 Å². The first-order valence-electron chi connectivity index (χ1n) is 7.00. The topological polar surface area (TPSA) is 64.2 Å². The zero-order valence-corrected chi connectivity index (χ0v) is 11.9. The van der Waals surface area contributed by atoms with Crippen LogP contribution in [0.4, 0.5) is 5.82 Å². The zero-order valence-electron chi connectivity index (χ0n) is 11.9. The summed E-state index contributed by atoms with van der Waals surface area (Å²) in [4.78, 5) is 16.7. The maximum absolute atomic E-state index is 12.4. The lowest BCUT2D eigenvalue weighted by atomic mass is 10.2. The summed E-state index contributed by atoms with van der Waals surface area (Å²) in [5.41, 5.74) is 1.52. The Hall–Kier alpha value is -2.63. The Bertz CT molecular complexity index is 805. The molecule has 21 heavy (non-hydrogen) atoms. The van der Waals surface area contributed by atoms with Crippen LogP contribution in [0.15, 0.2) is 47.8 Å². The molecule has 0 bridgehead atoms. The molecular formula is C15H17N5O. The van der Waals surface area contributed by atoms with Crippen molar-refractivity contribution in [2.45, 2.75) is 19.9 Å². The van der Waals surface area contributed by atoms with Crippen molar-refractivity contribution in [2.75, 3.05) is 11.9 Å². The molecule has 0 atom stereocenters. The lowest BCUT2D eigenvalue weighted by Crippen LogP contribution is -2.22. The third-order valence-electron chi connectivity index (χ3n) is 3.31. The van der Waals surface area contributed by atoms with E-state index in [-0.39, 0.29) is 5.56 Å². The zero-order chi connectivity index (χ0) is 14.7. The van der Waals surface area contributed by atoms with E-state index < -0.39 is 0 Å². The van der Waals surface area contributed by atoms with Crippen molar-refractivity contribution >= 4 is 11.3 Å². The van der Waals surface area contributed by atoms with Gasteiger partial charge in [0.05, 0.1) is 12.7 Å². The molecule has 3 rings (SSSR count). The van der Waals surface area contributed by atoms with Crippen molar-refractivity contribution in [2.24, 2.45) is 0 Å². The third kappa shape index (κ3) is 2.65. The second-order valence-electron chi connectivity index (χ2n) is 4.83. The highest BCUT2D eigenvalue weighted by Crippen LogP contribution is 2.12. The predicted octanol–water partition coefficient (Wildman–Crippen LogP) is 1.76. The number of pyridine rings is 1. The van der Waals surface area contributed by atoms with E-state index in [0.29, 0.717) is 12.1 Å². The molecule has 0 radical (unpaired) electrons. The molecule has 0 saturated carbocycles. The average molecular weight is 283 g/mol. The van der Waals surface area contributed by atoms with Gasteiger partial charge in [-0.05, 0) is 18.6 Å². The minimum absolute atomic E-state index is 0.0553. The van der Waals surface area contributed by atoms with E-state index in [9.17, 15) is 4.79 Å². The molecule has 0 aromatic carbocycles. The largest absolute Gasteiger partial charge is 0.370 e. The van der Waals surface area contributed by atoms with E-state index >= 15 is 0 Å². The standard InChI is InChI=1S/C15H17N5O/c1-2-6-16-14-12(4-3-7-17-14)11-19-9-10-20-13(15(19)21)5-8-18-20/h3-5,7-10H,2,6,11H2,1H3,(H,16,17). The maximum Gasteiger partial charge on any atom is 0.276 e. The van der Waals surface area contributed by atoms with Crippen molar-refractivity contribution in [1.82, 2.24) is 19.2 Å². The van der Waals surface area contributed by atoms with Crippen LogP contribution in [-0.4, -0.2) is 25.7 Å². The molecule has 0 saturated heterocycles. The summed E-state index contributed by atoms with van der Waals surface area (Å²) in [7, 11) is 0. The van der Waals surface area contributed by atoms with Crippen LogP contribution < -0.4 is 10.9 Å². The lowest BCUT2D eigenvalue weighted by molar-refractivity contribution is 0.740. The van der Waals surface area contributed by atoms with Crippen LogP contribution in [0.25, 0.3) is 5.52 Å². The number of nitrogens with zero attached hydrogens (tertiary/aromatic N) is 4. The molecule has 3 heterocycles. The first-order valence-corrected chi connectivity index (χ1v) is 7.00. The number of nitrogens with one attached hydrogen (secondary N) is 1. The lowest BCUT2D eigenvalue weighted by Gasteiger charge is -2.11. The van der Waals surface area contributed by atoms with Gasteiger partial charge in [0.25, 0.3) is 5.56 Å². The number of rotatable bonds is 5. The van der Waals surface area contributed by atoms with Gasteiger partial charge in [-0.25, -0.2) is 9.50 Å². The SMILES string of the molecule is CCCNc1ncccc1Cn1ccn2nccc2c1=O. The summed E-state index contributed by atoms with van der Waals surface area (Å²) in [5, 5.41) is 7.36. The third-order valence-corrected chi connectivity index (χ3v) is 3.31. The minimum atomic E-state index is -0.0553. The normalized spacial score (nSPS) is 10.9. The number of anilines is 1. The summed E-state index contributed by atoms with van der Waals surface area (Å²) in [6.45, 7) is 3.45. The number of hydrogen-bond acceptors (Lipinski definition) is 4. The van der Waals surface area contributed by atoms with Crippen LogP contribution >= 0.6 is 0 Å². The molecule has 1 N–H and O–H groups in total. The van der Waals surface area contributed by atoms with Gasteiger partial charge in [0, 0.05) is 30.7 Å². The Kier molecular flexibility index (Phi) is 3.68. The van der Waals surface area contributed by atoms with Gasteiger partial charge in [-0.1, -0.05) is 13.0 Å². The molecule has 3 aromatic heterocycles. The smallest absolute Gasteiger partial charge is 0.276 e. The van der Waals surface area contributed by atoms with Gasteiger partial charge in [-0.15, -0.1) is 0 Å².